The summed E-state index contributed by atoms with van der Waals surface area (Å²) in [5.74, 6) is -3.88. The Kier molecular flexibility index (Phi) is 16.2. The molecule has 0 fully saturated rings. The Balaban J connectivity index is 2.01. The summed E-state index contributed by atoms with van der Waals surface area (Å²) >= 11 is 0. The number of amides is 3. The maximum absolute atomic E-state index is 13.9. The van der Waals surface area contributed by atoms with Crippen LogP contribution >= 0.6 is 0 Å². The first-order valence-corrected chi connectivity index (χ1v) is 18.3. The zero-order chi connectivity index (χ0) is 41.6. The van der Waals surface area contributed by atoms with Gasteiger partial charge in [-0.3, -0.25) is 14.4 Å². The number of carbonyl (C=O) groups excluding carboxylic acids is 4. The summed E-state index contributed by atoms with van der Waals surface area (Å²) in [5, 5.41) is 28.8. The fourth-order valence-corrected chi connectivity index (χ4v) is 5.26. The molecule has 0 aliphatic rings. The number of carboxylic acid groups (broad SMARTS) is 1. The number of alkyl carbamates (subject to hydrolysis) is 1. The number of benzene rings is 3. The highest BCUT2D eigenvalue weighted by Crippen LogP contribution is 2.37. The number of carbonyl (C=O) groups is 5. The number of hydrogen-bond donors (Lipinski definition) is 6. The number of esters is 1. The SMILES string of the molecule is CC[C@@](C)(Oc1cc([C@@H](O)[C@H](NC(=O)OCc2ccccc2)C(=O)O)ccc1OCc1ccccc1)[C@H](NC(=O)[C@@H](N)C(C)C)C(=O)NCC(=O)OC(C)(C)C. The number of nitrogens with one attached hydrogen (secondary N) is 3. The van der Waals surface area contributed by atoms with E-state index in [1.807, 2.05) is 30.3 Å². The third kappa shape index (κ3) is 13.6. The number of ether oxygens (including phenoxy) is 4. The molecule has 15 heteroatoms. The molecule has 0 aromatic heterocycles. The van der Waals surface area contributed by atoms with Gasteiger partial charge in [0.05, 0.1) is 6.04 Å². The standard InChI is InChI=1S/C41H54N4O11/c1-8-41(7,35(45-36(48)32(42)25(2)3)37(49)43-22-31(46)56-40(4,5)6)55-30-21-28(19-20-29(30)53-23-26-15-11-9-12-16-26)34(47)33(38(50)51)44-39(52)54-24-27-17-13-10-14-18-27/h9-21,25,32-35,47H,8,22-24,42H2,1-7H3,(H,43,49)(H,44,52)(H,45,48)(H,50,51)/t32-,33-,34+,35+,41+/m0/s1. The van der Waals surface area contributed by atoms with Gasteiger partial charge in [0.15, 0.2) is 17.5 Å². The molecule has 0 heterocycles. The van der Waals surface area contributed by atoms with Gasteiger partial charge in [0.1, 0.15) is 43.1 Å². The second kappa shape index (κ2) is 20.3. The van der Waals surface area contributed by atoms with E-state index in [0.717, 1.165) is 5.56 Å². The molecule has 0 unspecified atom stereocenters. The van der Waals surface area contributed by atoms with Crippen molar-refractivity contribution in [1.82, 2.24) is 16.0 Å². The van der Waals surface area contributed by atoms with E-state index in [0.29, 0.717) is 5.56 Å². The van der Waals surface area contributed by atoms with Gasteiger partial charge in [0, 0.05) is 0 Å². The molecule has 3 aromatic carbocycles. The van der Waals surface area contributed by atoms with Crippen molar-refractivity contribution in [1.29, 1.82) is 0 Å². The molecule has 56 heavy (non-hydrogen) atoms. The maximum atomic E-state index is 13.9. The first-order valence-electron chi connectivity index (χ1n) is 18.3. The van der Waals surface area contributed by atoms with Gasteiger partial charge in [0.25, 0.3) is 0 Å². The summed E-state index contributed by atoms with van der Waals surface area (Å²) in [7, 11) is 0. The van der Waals surface area contributed by atoms with Gasteiger partial charge in [0.2, 0.25) is 11.8 Å². The summed E-state index contributed by atoms with van der Waals surface area (Å²) in [4.78, 5) is 64.8. The molecule has 15 nitrogen and oxygen atoms in total. The molecule has 3 aromatic rings. The number of carboxylic acids is 1. The van der Waals surface area contributed by atoms with E-state index in [-0.39, 0.29) is 42.6 Å². The van der Waals surface area contributed by atoms with Crippen LogP contribution in [-0.4, -0.2) is 75.9 Å². The molecule has 5 atom stereocenters. The van der Waals surface area contributed by atoms with Crippen molar-refractivity contribution in [3.63, 3.8) is 0 Å². The van der Waals surface area contributed by atoms with Crippen LogP contribution in [0.3, 0.4) is 0 Å². The summed E-state index contributed by atoms with van der Waals surface area (Å²) in [5.41, 5.74) is 5.23. The van der Waals surface area contributed by atoms with Gasteiger partial charge in [-0.05, 0) is 68.9 Å². The summed E-state index contributed by atoms with van der Waals surface area (Å²) < 4.78 is 23.2. The van der Waals surface area contributed by atoms with Crippen LogP contribution in [-0.2, 0) is 41.9 Å². The Morgan fingerprint density at radius 2 is 1.39 bits per heavy atom. The maximum Gasteiger partial charge on any atom is 0.408 e. The van der Waals surface area contributed by atoms with E-state index >= 15 is 0 Å². The Morgan fingerprint density at radius 1 is 0.804 bits per heavy atom. The first kappa shape index (κ1) is 44.7. The van der Waals surface area contributed by atoms with Crippen LogP contribution in [0.15, 0.2) is 78.9 Å². The van der Waals surface area contributed by atoms with Gasteiger partial charge in [-0.15, -0.1) is 0 Å². The Bertz CT molecular complexity index is 1780. The van der Waals surface area contributed by atoms with Gasteiger partial charge < -0.3 is 50.8 Å². The molecule has 3 amide bonds. The van der Waals surface area contributed by atoms with Crippen LogP contribution in [0.1, 0.15) is 77.7 Å². The van der Waals surface area contributed by atoms with Crippen LogP contribution in [0.5, 0.6) is 11.5 Å². The van der Waals surface area contributed by atoms with Gasteiger partial charge in [-0.1, -0.05) is 87.5 Å². The van der Waals surface area contributed by atoms with E-state index in [1.54, 1.807) is 78.8 Å². The van der Waals surface area contributed by atoms with Crippen LogP contribution in [0.25, 0.3) is 0 Å². The molecule has 304 valence electrons. The minimum atomic E-state index is -1.86. The predicted octanol–water partition coefficient (Wildman–Crippen LogP) is 4.15. The summed E-state index contributed by atoms with van der Waals surface area (Å²) in [6.45, 7) is 11.2. The Morgan fingerprint density at radius 3 is 1.93 bits per heavy atom. The monoisotopic (exact) mass is 778 g/mol. The molecule has 0 spiro atoms. The fraction of sp³-hybridized carbons (Fsp3) is 0.439. The van der Waals surface area contributed by atoms with Crippen LogP contribution in [0.4, 0.5) is 4.79 Å². The minimum Gasteiger partial charge on any atom is -0.485 e. The van der Waals surface area contributed by atoms with E-state index in [4.69, 9.17) is 24.7 Å². The lowest BCUT2D eigenvalue weighted by atomic mass is 9.91. The van der Waals surface area contributed by atoms with Crippen LogP contribution in [0, 0.1) is 5.92 Å². The quantitative estimate of drug-likeness (QED) is 0.0945. The molecule has 3 rings (SSSR count). The summed E-state index contributed by atoms with van der Waals surface area (Å²) in [6, 6.07) is 17.8. The zero-order valence-corrected chi connectivity index (χ0v) is 32.9. The zero-order valence-electron chi connectivity index (χ0n) is 32.9. The van der Waals surface area contributed by atoms with E-state index in [2.05, 4.69) is 16.0 Å². The third-order valence-corrected chi connectivity index (χ3v) is 8.67. The highest BCUT2D eigenvalue weighted by Gasteiger charge is 2.43. The molecule has 0 aliphatic heterocycles. The molecule has 0 saturated heterocycles. The molecular weight excluding hydrogens is 724 g/mol. The first-order chi connectivity index (χ1) is 26.3. The number of aliphatic hydroxyl groups is 1. The van der Waals surface area contributed by atoms with Gasteiger partial charge in [-0.25, -0.2) is 9.59 Å². The highest BCUT2D eigenvalue weighted by molar-refractivity contribution is 5.92. The van der Waals surface area contributed by atoms with Crippen molar-refractivity contribution >= 4 is 29.8 Å². The highest BCUT2D eigenvalue weighted by atomic mass is 16.6. The second-order valence-corrected chi connectivity index (χ2v) is 14.7. The molecule has 0 saturated carbocycles. The molecule has 0 radical (unpaired) electrons. The Labute approximate surface area is 327 Å². The topological polar surface area (TPSA) is 225 Å². The van der Waals surface area contributed by atoms with E-state index < -0.39 is 71.8 Å². The van der Waals surface area contributed by atoms with E-state index in [9.17, 15) is 34.2 Å². The minimum absolute atomic E-state index is 0.00179. The van der Waals surface area contributed by atoms with Crippen molar-refractivity contribution in [2.45, 2.75) is 104 Å². The predicted molar refractivity (Wildman–Crippen MR) is 206 cm³/mol. The van der Waals surface area contributed by atoms with Crippen molar-refractivity contribution in [3.05, 3.63) is 95.6 Å². The average Bonchev–Trinajstić information content (AvgIpc) is 3.15. The van der Waals surface area contributed by atoms with E-state index in [1.165, 1.54) is 18.2 Å². The molecule has 7 N–H and O–H groups in total. The van der Waals surface area contributed by atoms with Crippen molar-refractivity contribution in [3.8, 4) is 11.5 Å². The summed E-state index contributed by atoms with van der Waals surface area (Å²) in [6.07, 6.45) is -2.81. The number of aliphatic hydroxyl groups excluding tert-OH is 1. The second-order valence-electron chi connectivity index (χ2n) is 14.7. The molecule has 0 bridgehead atoms. The largest absolute Gasteiger partial charge is 0.485 e. The number of rotatable bonds is 19. The van der Waals surface area contributed by atoms with Crippen molar-refractivity contribution < 1.29 is 53.1 Å². The van der Waals surface area contributed by atoms with Crippen LogP contribution in [0.2, 0.25) is 0 Å². The smallest absolute Gasteiger partial charge is 0.408 e. The number of nitrogens with two attached hydrogens (primary N) is 1. The fourth-order valence-electron chi connectivity index (χ4n) is 5.26. The lowest BCUT2D eigenvalue weighted by Gasteiger charge is -2.38. The van der Waals surface area contributed by atoms with Crippen molar-refractivity contribution in [2.75, 3.05) is 6.54 Å². The molecular formula is C41H54N4O11. The number of hydrogen-bond acceptors (Lipinski definition) is 11. The van der Waals surface area contributed by atoms with Crippen LogP contribution < -0.4 is 31.2 Å². The molecule has 0 aliphatic carbocycles. The van der Waals surface area contributed by atoms with Gasteiger partial charge >= 0.3 is 18.0 Å². The lowest BCUT2D eigenvalue weighted by molar-refractivity contribution is -0.155. The lowest BCUT2D eigenvalue weighted by Crippen LogP contribution is -2.63. The Hall–Kier alpha value is -5.67. The third-order valence-electron chi connectivity index (χ3n) is 8.67. The number of aliphatic carboxylic acids is 1. The average molecular weight is 779 g/mol. The van der Waals surface area contributed by atoms with Crippen molar-refractivity contribution in [2.24, 2.45) is 11.7 Å². The normalized spacial score (nSPS) is 14.5. The van der Waals surface area contributed by atoms with Gasteiger partial charge in [-0.2, -0.15) is 0 Å².